The molecule has 1 amide bonds. The van der Waals surface area contributed by atoms with Crippen molar-refractivity contribution in [2.24, 2.45) is 0 Å². The monoisotopic (exact) mass is 298 g/mol. The molecule has 116 valence electrons. The van der Waals surface area contributed by atoms with Gasteiger partial charge in [0.25, 0.3) is 5.91 Å². The summed E-state index contributed by atoms with van der Waals surface area (Å²) in [5, 5.41) is 3.59. The number of aromatic nitrogens is 1. The van der Waals surface area contributed by atoms with Crippen LogP contribution in [0.5, 0.6) is 0 Å². The van der Waals surface area contributed by atoms with Crippen molar-refractivity contribution in [3.63, 3.8) is 0 Å². The number of carbonyl (C=O) groups is 1. The summed E-state index contributed by atoms with van der Waals surface area (Å²) in [6.07, 6.45) is 5.70. The normalized spacial score (nSPS) is 14.8. The van der Waals surface area contributed by atoms with Gasteiger partial charge in [0.05, 0.1) is 5.52 Å². The van der Waals surface area contributed by atoms with E-state index in [1.54, 1.807) is 6.20 Å². The Morgan fingerprint density at radius 2 is 2.23 bits per heavy atom. The van der Waals surface area contributed by atoms with Crippen LogP contribution in [-0.2, 0) is 13.0 Å². The molecule has 1 N–H and O–H groups in total. The van der Waals surface area contributed by atoms with E-state index >= 15 is 0 Å². The zero-order chi connectivity index (χ0) is 15.7. The quantitative estimate of drug-likeness (QED) is 0.943. The summed E-state index contributed by atoms with van der Waals surface area (Å²) < 4.78 is 2.06. The summed E-state index contributed by atoms with van der Waals surface area (Å²) in [7, 11) is 0. The molecule has 1 aliphatic rings. The van der Waals surface area contributed by atoms with Gasteiger partial charge in [-0.05, 0) is 37.8 Å². The number of rotatable bonds is 4. The molecule has 1 aromatic heterocycles. The second-order valence-corrected chi connectivity index (χ2v) is 6.15. The molecule has 0 spiro atoms. The molecule has 0 saturated carbocycles. The van der Waals surface area contributed by atoms with Gasteiger partial charge in [-0.15, -0.1) is 0 Å². The third-order valence-electron chi connectivity index (χ3n) is 4.37. The van der Waals surface area contributed by atoms with Crippen molar-refractivity contribution in [1.29, 1.82) is 0 Å². The minimum absolute atomic E-state index is 0.0836. The Labute approximate surface area is 130 Å². The maximum absolute atomic E-state index is 12.7. The smallest absolute Gasteiger partial charge is 0.256 e. The summed E-state index contributed by atoms with van der Waals surface area (Å²) in [6.45, 7) is 4.92. The zero-order valence-corrected chi connectivity index (χ0v) is 13.2. The van der Waals surface area contributed by atoms with Crippen LogP contribution in [0.25, 0.3) is 10.9 Å². The van der Waals surface area contributed by atoms with Crippen LogP contribution in [-0.4, -0.2) is 16.5 Å². The number of hydrogen-bond donors (Lipinski definition) is 1. The Morgan fingerprint density at radius 1 is 1.41 bits per heavy atom. The lowest BCUT2D eigenvalue weighted by Crippen LogP contribution is -2.36. The number of aryl methyl sites for hydroxylation is 2. The van der Waals surface area contributed by atoms with E-state index in [-0.39, 0.29) is 22.9 Å². The van der Waals surface area contributed by atoms with Crippen LogP contribution in [0.15, 0.2) is 29.2 Å². The fraction of sp³-hybridized carbons (Fsp3) is 0.444. The molecule has 2 aromatic rings. The Kier molecular flexibility index (Phi) is 4.01. The predicted octanol–water partition coefficient (Wildman–Crippen LogP) is 2.87. The second kappa shape index (κ2) is 5.95. The van der Waals surface area contributed by atoms with E-state index in [4.69, 9.17) is 0 Å². The average molecular weight is 298 g/mol. The van der Waals surface area contributed by atoms with Gasteiger partial charge in [-0.25, -0.2) is 0 Å². The Balaban J connectivity index is 2.07. The molecule has 1 aliphatic heterocycles. The van der Waals surface area contributed by atoms with Gasteiger partial charge >= 0.3 is 0 Å². The van der Waals surface area contributed by atoms with Crippen LogP contribution < -0.4 is 10.7 Å². The predicted molar refractivity (Wildman–Crippen MR) is 88.4 cm³/mol. The van der Waals surface area contributed by atoms with Crippen molar-refractivity contribution in [1.82, 2.24) is 9.88 Å². The highest BCUT2D eigenvalue weighted by atomic mass is 16.2. The Bertz CT molecular complexity index is 776. The fourth-order valence-corrected chi connectivity index (χ4v) is 3.32. The van der Waals surface area contributed by atoms with E-state index < -0.39 is 0 Å². The van der Waals surface area contributed by atoms with Gasteiger partial charge in [-0.3, -0.25) is 9.59 Å². The molecule has 3 rings (SSSR count). The molecular formula is C18H22N2O2. The Hall–Kier alpha value is -2.10. The first-order valence-corrected chi connectivity index (χ1v) is 8.07. The molecule has 2 heterocycles. The Morgan fingerprint density at radius 3 is 3.00 bits per heavy atom. The van der Waals surface area contributed by atoms with Crippen molar-refractivity contribution in [3.05, 3.63) is 45.7 Å². The van der Waals surface area contributed by atoms with E-state index in [1.165, 1.54) is 5.56 Å². The van der Waals surface area contributed by atoms with E-state index in [2.05, 4.69) is 22.9 Å². The van der Waals surface area contributed by atoms with Crippen molar-refractivity contribution in [2.45, 2.75) is 52.1 Å². The highest BCUT2D eigenvalue weighted by molar-refractivity contribution is 5.98. The van der Waals surface area contributed by atoms with Crippen LogP contribution in [0.1, 0.15) is 49.0 Å². The first kappa shape index (κ1) is 14.8. The molecule has 4 nitrogen and oxygen atoms in total. The number of carbonyl (C=O) groups excluding carboxylic acids is 1. The van der Waals surface area contributed by atoms with Crippen LogP contribution in [0, 0.1) is 0 Å². The molecule has 4 heteroatoms. The zero-order valence-electron chi connectivity index (χ0n) is 13.2. The highest BCUT2D eigenvalue weighted by Gasteiger charge is 2.19. The second-order valence-electron chi connectivity index (χ2n) is 6.15. The van der Waals surface area contributed by atoms with Crippen LogP contribution in [0.3, 0.4) is 0 Å². The van der Waals surface area contributed by atoms with Crippen molar-refractivity contribution in [2.75, 3.05) is 0 Å². The molecule has 0 saturated heterocycles. The summed E-state index contributed by atoms with van der Waals surface area (Å²) in [5.74, 6) is -0.257. The van der Waals surface area contributed by atoms with Gasteiger partial charge in [0.2, 0.25) is 5.43 Å². The maximum atomic E-state index is 12.7. The van der Waals surface area contributed by atoms with Crippen LogP contribution >= 0.6 is 0 Å². The lowest BCUT2D eigenvalue weighted by atomic mass is 9.99. The van der Waals surface area contributed by atoms with Gasteiger partial charge in [-0.2, -0.15) is 0 Å². The number of amides is 1. The summed E-state index contributed by atoms with van der Waals surface area (Å²) in [5.41, 5.74) is 2.30. The van der Waals surface area contributed by atoms with Crippen LogP contribution in [0.2, 0.25) is 0 Å². The molecule has 22 heavy (non-hydrogen) atoms. The van der Waals surface area contributed by atoms with E-state index in [0.717, 1.165) is 37.7 Å². The molecule has 0 radical (unpaired) electrons. The SMILES string of the molecule is CCC[C@@H](C)NC(=O)c1cn2c3c(cccc3c1=O)CCC2. The van der Waals surface area contributed by atoms with Gasteiger partial charge < -0.3 is 9.88 Å². The lowest BCUT2D eigenvalue weighted by Gasteiger charge is -2.21. The van der Waals surface area contributed by atoms with Gasteiger partial charge in [0.1, 0.15) is 5.56 Å². The third kappa shape index (κ3) is 2.54. The molecular weight excluding hydrogens is 276 g/mol. The van der Waals surface area contributed by atoms with E-state index in [0.29, 0.717) is 5.39 Å². The molecule has 1 atom stereocenters. The number of para-hydroxylation sites is 1. The van der Waals surface area contributed by atoms with Crippen molar-refractivity contribution in [3.8, 4) is 0 Å². The van der Waals surface area contributed by atoms with Crippen molar-refractivity contribution < 1.29 is 4.79 Å². The third-order valence-corrected chi connectivity index (χ3v) is 4.37. The molecule has 0 aliphatic carbocycles. The standard InChI is InChI=1S/C18H22N2O2/c1-3-6-12(2)19-18(22)15-11-20-10-5-8-13-7-4-9-14(16(13)20)17(15)21/h4,7,9,11-12H,3,5-6,8,10H2,1-2H3,(H,19,22)/t12-/m1/s1. The number of benzene rings is 1. The van der Waals surface area contributed by atoms with Gasteiger partial charge in [-0.1, -0.05) is 25.5 Å². The first-order valence-electron chi connectivity index (χ1n) is 8.07. The summed E-state index contributed by atoms with van der Waals surface area (Å²) in [4.78, 5) is 25.1. The molecule has 0 bridgehead atoms. The molecule has 0 unspecified atom stereocenters. The first-order chi connectivity index (χ1) is 10.6. The van der Waals surface area contributed by atoms with E-state index in [1.807, 2.05) is 19.1 Å². The maximum Gasteiger partial charge on any atom is 0.256 e. The van der Waals surface area contributed by atoms with E-state index in [9.17, 15) is 9.59 Å². The van der Waals surface area contributed by atoms with Gasteiger partial charge in [0.15, 0.2) is 0 Å². The minimum atomic E-state index is -0.257. The van der Waals surface area contributed by atoms with Crippen molar-refractivity contribution >= 4 is 16.8 Å². The summed E-state index contributed by atoms with van der Waals surface area (Å²) in [6, 6.07) is 5.89. The largest absolute Gasteiger partial charge is 0.349 e. The number of pyridine rings is 1. The van der Waals surface area contributed by atoms with Crippen LogP contribution in [0.4, 0.5) is 0 Å². The topological polar surface area (TPSA) is 51.1 Å². The lowest BCUT2D eigenvalue weighted by molar-refractivity contribution is 0.0936. The highest BCUT2D eigenvalue weighted by Crippen LogP contribution is 2.23. The number of hydrogen-bond acceptors (Lipinski definition) is 2. The fourth-order valence-electron chi connectivity index (χ4n) is 3.32. The summed E-state index contributed by atoms with van der Waals surface area (Å²) >= 11 is 0. The molecule has 1 aromatic carbocycles. The number of nitrogens with zero attached hydrogens (tertiary/aromatic N) is 1. The van der Waals surface area contributed by atoms with Gasteiger partial charge in [0, 0.05) is 24.2 Å². The molecule has 0 fully saturated rings. The number of nitrogens with one attached hydrogen (secondary N) is 1. The minimum Gasteiger partial charge on any atom is -0.349 e. The average Bonchev–Trinajstić information content (AvgIpc) is 2.51.